The smallest absolute Gasteiger partial charge is 0.223 e. The third kappa shape index (κ3) is 2.37. The first-order valence-electron chi connectivity index (χ1n) is 6.99. The van der Waals surface area contributed by atoms with Crippen LogP contribution in [0.4, 0.5) is 5.82 Å². The van der Waals surface area contributed by atoms with Crippen molar-refractivity contribution in [3.63, 3.8) is 0 Å². The van der Waals surface area contributed by atoms with E-state index in [4.69, 9.17) is 4.52 Å². The zero-order valence-corrected chi connectivity index (χ0v) is 12.1. The average Bonchev–Trinajstić information content (AvgIpc) is 2.89. The topological polar surface area (TPSA) is 67.9 Å². The van der Waals surface area contributed by atoms with Crippen molar-refractivity contribution in [2.75, 3.05) is 18.0 Å². The van der Waals surface area contributed by atoms with Crippen molar-refractivity contribution >= 4 is 5.82 Å². The second-order valence-corrected chi connectivity index (χ2v) is 5.41. The van der Waals surface area contributed by atoms with Gasteiger partial charge in [-0.3, -0.25) is 0 Å². The highest BCUT2D eigenvalue weighted by Gasteiger charge is 2.25. The van der Waals surface area contributed by atoms with E-state index in [0.717, 1.165) is 37.6 Å². The van der Waals surface area contributed by atoms with Gasteiger partial charge in [0.15, 0.2) is 11.6 Å². The average molecular weight is 273 g/mol. The number of rotatable bonds is 2. The Kier molecular flexibility index (Phi) is 3.38. The number of aromatic nitrogens is 4. The fourth-order valence-corrected chi connectivity index (χ4v) is 2.65. The lowest BCUT2D eigenvalue weighted by Gasteiger charge is -2.32. The summed E-state index contributed by atoms with van der Waals surface area (Å²) in [5.74, 6) is 2.88. The molecule has 2 aromatic rings. The highest BCUT2D eigenvalue weighted by atomic mass is 16.5. The number of piperidine rings is 1. The Morgan fingerprint density at radius 1 is 1.20 bits per heavy atom. The van der Waals surface area contributed by atoms with Crippen LogP contribution in [0, 0.1) is 20.8 Å². The van der Waals surface area contributed by atoms with Gasteiger partial charge in [-0.05, 0) is 37.8 Å². The van der Waals surface area contributed by atoms with Crippen LogP contribution in [0.25, 0.3) is 0 Å². The molecular weight excluding hydrogens is 254 g/mol. The van der Waals surface area contributed by atoms with Gasteiger partial charge in [0.1, 0.15) is 0 Å². The van der Waals surface area contributed by atoms with Crippen molar-refractivity contribution in [3.05, 3.63) is 29.0 Å². The molecule has 0 bridgehead atoms. The largest absolute Gasteiger partial charge is 0.355 e. The van der Waals surface area contributed by atoms with Gasteiger partial charge in [-0.1, -0.05) is 5.16 Å². The van der Waals surface area contributed by atoms with Gasteiger partial charge in [0.05, 0.1) is 6.20 Å². The lowest BCUT2D eigenvalue weighted by molar-refractivity contribution is 0.375. The predicted octanol–water partition coefficient (Wildman–Crippen LogP) is 2.17. The molecule has 1 aliphatic heterocycles. The molecule has 0 radical (unpaired) electrons. The Morgan fingerprint density at radius 3 is 2.60 bits per heavy atom. The molecule has 0 N–H and O–H groups in total. The predicted molar refractivity (Wildman–Crippen MR) is 74.7 cm³/mol. The van der Waals surface area contributed by atoms with Crippen LogP contribution in [0.5, 0.6) is 0 Å². The maximum Gasteiger partial charge on any atom is 0.223 e. The van der Waals surface area contributed by atoms with Gasteiger partial charge in [0.2, 0.25) is 5.89 Å². The van der Waals surface area contributed by atoms with E-state index < -0.39 is 0 Å². The second-order valence-electron chi connectivity index (χ2n) is 5.41. The van der Waals surface area contributed by atoms with Gasteiger partial charge in [0.25, 0.3) is 0 Å². The van der Waals surface area contributed by atoms with E-state index in [9.17, 15) is 0 Å². The molecule has 0 atom stereocenters. The number of aryl methyl sites for hydroxylation is 2. The summed E-state index contributed by atoms with van der Waals surface area (Å²) in [6.07, 6.45) is 3.86. The Bertz CT molecular complexity index is 601. The van der Waals surface area contributed by atoms with Crippen LogP contribution < -0.4 is 4.90 Å². The molecule has 1 saturated heterocycles. The first kappa shape index (κ1) is 13.0. The van der Waals surface area contributed by atoms with Crippen molar-refractivity contribution in [2.24, 2.45) is 0 Å². The zero-order chi connectivity index (χ0) is 14.1. The first-order valence-corrected chi connectivity index (χ1v) is 6.99. The fraction of sp³-hybridized carbons (Fsp3) is 0.571. The Hall–Kier alpha value is -1.98. The molecule has 2 aromatic heterocycles. The molecule has 0 unspecified atom stereocenters. The number of nitrogens with zero attached hydrogens (tertiary/aromatic N) is 5. The molecule has 20 heavy (non-hydrogen) atoms. The van der Waals surface area contributed by atoms with Crippen LogP contribution in [0.2, 0.25) is 0 Å². The molecule has 0 aromatic carbocycles. The molecule has 0 saturated carbocycles. The summed E-state index contributed by atoms with van der Waals surface area (Å²) in [7, 11) is 0. The molecule has 0 amide bonds. The standard InChI is InChI=1S/C14H19N5O/c1-9-8-15-17-14(10(9)2)19-6-4-12(5-7-19)13-16-11(3)20-18-13/h8,12H,4-7H2,1-3H3. The number of hydrogen-bond acceptors (Lipinski definition) is 6. The maximum absolute atomic E-state index is 5.07. The summed E-state index contributed by atoms with van der Waals surface area (Å²) in [5.41, 5.74) is 2.40. The molecule has 0 spiro atoms. The fourth-order valence-electron chi connectivity index (χ4n) is 2.65. The minimum absolute atomic E-state index is 0.391. The summed E-state index contributed by atoms with van der Waals surface area (Å²) in [4.78, 5) is 6.64. The Morgan fingerprint density at radius 2 is 1.95 bits per heavy atom. The van der Waals surface area contributed by atoms with Crippen LogP contribution in [-0.2, 0) is 0 Å². The third-order valence-electron chi connectivity index (χ3n) is 4.03. The van der Waals surface area contributed by atoms with Crippen LogP contribution in [0.15, 0.2) is 10.7 Å². The van der Waals surface area contributed by atoms with E-state index in [-0.39, 0.29) is 0 Å². The van der Waals surface area contributed by atoms with Crippen molar-refractivity contribution in [2.45, 2.75) is 39.5 Å². The summed E-state index contributed by atoms with van der Waals surface area (Å²) >= 11 is 0. The quantitative estimate of drug-likeness (QED) is 0.835. The van der Waals surface area contributed by atoms with Crippen molar-refractivity contribution in [1.82, 2.24) is 20.3 Å². The van der Waals surface area contributed by atoms with E-state index in [0.29, 0.717) is 11.8 Å². The van der Waals surface area contributed by atoms with Gasteiger partial charge in [0, 0.05) is 25.9 Å². The van der Waals surface area contributed by atoms with E-state index in [1.54, 1.807) is 0 Å². The minimum atomic E-state index is 0.391. The van der Waals surface area contributed by atoms with E-state index in [2.05, 4.69) is 39.1 Å². The van der Waals surface area contributed by atoms with Gasteiger partial charge >= 0.3 is 0 Å². The normalized spacial score (nSPS) is 16.6. The van der Waals surface area contributed by atoms with Crippen LogP contribution in [-0.4, -0.2) is 33.4 Å². The van der Waals surface area contributed by atoms with Gasteiger partial charge in [-0.25, -0.2) is 0 Å². The lowest BCUT2D eigenvalue weighted by Crippen LogP contribution is -2.34. The molecule has 1 aliphatic rings. The highest BCUT2D eigenvalue weighted by Crippen LogP contribution is 2.29. The van der Waals surface area contributed by atoms with Crippen molar-refractivity contribution in [3.8, 4) is 0 Å². The summed E-state index contributed by atoms with van der Waals surface area (Å²) in [5, 5.41) is 12.4. The minimum Gasteiger partial charge on any atom is -0.355 e. The van der Waals surface area contributed by atoms with Crippen LogP contribution in [0.1, 0.15) is 41.6 Å². The first-order chi connectivity index (χ1) is 9.65. The molecule has 6 nitrogen and oxygen atoms in total. The van der Waals surface area contributed by atoms with E-state index in [1.165, 1.54) is 11.1 Å². The summed E-state index contributed by atoms with van der Waals surface area (Å²) in [6, 6.07) is 0. The Labute approximate surface area is 118 Å². The van der Waals surface area contributed by atoms with E-state index in [1.807, 2.05) is 13.1 Å². The Balaban J connectivity index is 1.71. The van der Waals surface area contributed by atoms with E-state index >= 15 is 0 Å². The molecule has 6 heteroatoms. The molecule has 1 fully saturated rings. The number of hydrogen-bond donors (Lipinski definition) is 0. The molecule has 0 aliphatic carbocycles. The summed E-state index contributed by atoms with van der Waals surface area (Å²) < 4.78 is 5.07. The SMILES string of the molecule is Cc1nc(C2CCN(c3nncc(C)c3C)CC2)no1. The van der Waals surface area contributed by atoms with Gasteiger partial charge in [-0.2, -0.15) is 10.1 Å². The molecule has 3 rings (SSSR count). The molecule has 106 valence electrons. The maximum atomic E-state index is 5.07. The monoisotopic (exact) mass is 273 g/mol. The van der Waals surface area contributed by atoms with Gasteiger partial charge in [-0.15, -0.1) is 5.10 Å². The molecule has 3 heterocycles. The van der Waals surface area contributed by atoms with Crippen molar-refractivity contribution < 1.29 is 4.52 Å². The second kappa shape index (κ2) is 5.19. The third-order valence-corrected chi connectivity index (χ3v) is 4.03. The lowest BCUT2D eigenvalue weighted by atomic mass is 9.96. The van der Waals surface area contributed by atoms with Crippen LogP contribution >= 0.6 is 0 Å². The van der Waals surface area contributed by atoms with Crippen LogP contribution in [0.3, 0.4) is 0 Å². The van der Waals surface area contributed by atoms with Crippen molar-refractivity contribution in [1.29, 1.82) is 0 Å². The number of anilines is 1. The summed E-state index contributed by atoms with van der Waals surface area (Å²) in [6.45, 7) is 7.92. The van der Waals surface area contributed by atoms with Gasteiger partial charge < -0.3 is 9.42 Å². The highest BCUT2D eigenvalue weighted by molar-refractivity contribution is 5.48. The zero-order valence-electron chi connectivity index (χ0n) is 12.1. The molecular formula is C14H19N5O.